The van der Waals surface area contributed by atoms with Crippen LogP contribution in [0.3, 0.4) is 0 Å². The molecule has 2 saturated heterocycles. The van der Waals surface area contributed by atoms with Crippen molar-refractivity contribution >= 4 is 16.0 Å². The van der Waals surface area contributed by atoms with E-state index < -0.39 is 27.5 Å². The summed E-state index contributed by atoms with van der Waals surface area (Å²) in [5, 5.41) is 9.12. The lowest BCUT2D eigenvalue weighted by molar-refractivity contribution is -0.143. The Morgan fingerprint density at radius 3 is 2.57 bits per heavy atom. The molecule has 0 aromatic rings. The van der Waals surface area contributed by atoms with Crippen LogP contribution in [-0.2, 0) is 24.3 Å². The summed E-state index contributed by atoms with van der Waals surface area (Å²) in [6.07, 6.45) is 1.86. The van der Waals surface area contributed by atoms with Gasteiger partial charge < -0.3 is 14.6 Å². The first-order chi connectivity index (χ1) is 10.8. The van der Waals surface area contributed by atoms with Crippen LogP contribution in [0.5, 0.6) is 0 Å². The van der Waals surface area contributed by atoms with Crippen LogP contribution < -0.4 is 0 Å². The fraction of sp³-hybridized carbons (Fsp3) is 0.933. The van der Waals surface area contributed by atoms with Crippen molar-refractivity contribution in [3.8, 4) is 0 Å². The van der Waals surface area contributed by atoms with E-state index in [-0.39, 0.29) is 18.3 Å². The molecule has 0 bridgehead atoms. The highest BCUT2D eigenvalue weighted by molar-refractivity contribution is 7.89. The summed E-state index contributed by atoms with van der Waals surface area (Å²) in [7, 11) is -3.50. The Kier molecular flexibility index (Phi) is 6.05. The molecule has 0 unspecified atom stereocenters. The molecule has 0 aromatic heterocycles. The van der Waals surface area contributed by atoms with Gasteiger partial charge in [-0.15, -0.1) is 0 Å². The second-order valence-electron chi connectivity index (χ2n) is 6.50. The number of aliphatic carboxylic acids is 1. The number of carboxylic acids is 1. The number of piperidine rings is 1. The summed E-state index contributed by atoms with van der Waals surface area (Å²) in [6, 6.07) is -0.298. The minimum absolute atomic E-state index is 0.0563. The predicted molar refractivity (Wildman–Crippen MR) is 84.7 cm³/mol. The van der Waals surface area contributed by atoms with Crippen molar-refractivity contribution in [2.75, 3.05) is 32.1 Å². The summed E-state index contributed by atoms with van der Waals surface area (Å²) in [5.74, 6) is -1.36. The molecule has 0 saturated carbocycles. The first-order valence-electron chi connectivity index (χ1n) is 8.24. The molecule has 8 heteroatoms. The smallest absolute Gasteiger partial charge is 0.306 e. The van der Waals surface area contributed by atoms with Crippen molar-refractivity contribution in [3.63, 3.8) is 0 Å². The molecule has 2 fully saturated rings. The Morgan fingerprint density at radius 2 is 2.04 bits per heavy atom. The Labute approximate surface area is 138 Å². The van der Waals surface area contributed by atoms with Crippen LogP contribution in [0.15, 0.2) is 0 Å². The first kappa shape index (κ1) is 18.6. The van der Waals surface area contributed by atoms with Crippen LogP contribution in [0.25, 0.3) is 0 Å². The Hall–Kier alpha value is -0.700. The van der Waals surface area contributed by atoms with Gasteiger partial charge in [-0.2, -0.15) is 4.31 Å². The fourth-order valence-electron chi connectivity index (χ4n) is 3.58. The van der Waals surface area contributed by atoms with Gasteiger partial charge >= 0.3 is 5.97 Å². The van der Waals surface area contributed by atoms with Crippen molar-refractivity contribution in [2.24, 2.45) is 5.92 Å². The van der Waals surface area contributed by atoms with Crippen LogP contribution in [-0.4, -0.2) is 67.6 Å². The van der Waals surface area contributed by atoms with E-state index in [0.29, 0.717) is 45.5 Å². The molecule has 1 N–H and O–H groups in total. The topological polar surface area (TPSA) is 93.1 Å². The van der Waals surface area contributed by atoms with Gasteiger partial charge in [0.05, 0.1) is 17.3 Å². The molecule has 23 heavy (non-hydrogen) atoms. The van der Waals surface area contributed by atoms with Crippen molar-refractivity contribution in [1.29, 1.82) is 0 Å². The lowest BCUT2D eigenvalue weighted by Crippen LogP contribution is -2.52. The van der Waals surface area contributed by atoms with Gasteiger partial charge in [0.15, 0.2) is 0 Å². The summed E-state index contributed by atoms with van der Waals surface area (Å²) in [5.41, 5.74) is -0.685. The number of rotatable bonds is 6. The van der Waals surface area contributed by atoms with E-state index in [1.165, 1.54) is 4.31 Å². The van der Waals surface area contributed by atoms with Gasteiger partial charge in [0.25, 0.3) is 0 Å². The highest BCUT2D eigenvalue weighted by Crippen LogP contribution is 2.31. The third-order valence-corrected chi connectivity index (χ3v) is 6.97. The molecule has 0 aliphatic carbocycles. The molecule has 0 aromatic carbocycles. The molecule has 0 amide bonds. The zero-order valence-electron chi connectivity index (χ0n) is 13.9. The van der Waals surface area contributed by atoms with Crippen molar-refractivity contribution in [2.45, 2.75) is 51.2 Å². The SMILES string of the molecule is CCOC1(CS(=O)(=O)N2CC[C@H](C(=O)O)C[C@@H]2C)CCOCC1. The Bertz CT molecular complexity index is 509. The number of carboxylic acid groups (broad SMARTS) is 1. The van der Waals surface area contributed by atoms with Crippen LogP contribution in [0.1, 0.15) is 39.5 Å². The molecule has 0 spiro atoms. The maximum absolute atomic E-state index is 12.9. The van der Waals surface area contributed by atoms with E-state index in [1.54, 1.807) is 6.92 Å². The highest BCUT2D eigenvalue weighted by Gasteiger charge is 2.43. The quantitative estimate of drug-likeness (QED) is 0.771. The summed E-state index contributed by atoms with van der Waals surface area (Å²) in [6.45, 7) is 5.39. The molecule has 2 aliphatic heterocycles. The second kappa shape index (κ2) is 7.46. The van der Waals surface area contributed by atoms with Crippen molar-refractivity contribution < 1.29 is 27.8 Å². The van der Waals surface area contributed by atoms with E-state index in [4.69, 9.17) is 14.6 Å². The second-order valence-corrected chi connectivity index (χ2v) is 8.43. The van der Waals surface area contributed by atoms with E-state index in [9.17, 15) is 13.2 Å². The molecule has 134 valence electrons. The molecule has 0 radical (unpaired) electrons. The van der Waals surface area contributed by atoms with Gasteiger partial charge in [-0.3, -0.25) is 4.79 Å². The van der Waals surface area contributed by atoms with Gasteiger partial charge in [0.1, 0.15) is 0 Å². The number of hydrogen-bond donors (Lipinski definition) is 1. The molecule has 2 rings (SSSR count). The minimum atomic E-state index is -3.50. The highest BCUT2D eigenvalue weighted by atomic mass is 32.2. The van der Waals surface area contributed by atoms with Crippen LogP contribution in [0.4, 0.5) is 0 Å². The van der Waals surface area contributed by atoms with Crippen molar-refractivity contribution in [1.82, 2.24) is 4.31 Å². The predicted octanol–water partition coefficient (Wildman–Crippen LogP) is 1.09. The van der Waals surface area contributed by atoms with Gasteiger partial charge in [-0.05, 0) is 26.7 Å². The number of nitrogens with zero attached hydrogens (tertiary/aromatic N) is 1. The first-order valence-corrected chi connectivity index (χ1v) is 9.84. The minimum Gasteiger partial charge on any atom is -0.481 e. The van der Waals surface area contributed by atoms with Gasteiger partial charge in [0.2, 0.25) is 10.0 Å². The van der Waals surface area contributed by atoms with E-state index in [0.717, 1.165) is 0 Å². The van der Waals surface area contributed by atoms with Crippen LogP contribution in [0.2, 0.25) is 0 Å². The Balaban J connectivity index is 2.09. The average molecular weight is 349 g/mol. The largest absolute Gasteiger partial charge is 0.481 e. The number of hydrogen-bond acceptors (Lipinski definition) is 5. The van der Waals surface area contributed by atoms with Crippen LogP contribution in [0, 0.1) is 5.92 Å². The van der Waals surface area contributed by atoms with Crippen LogP contribution >= 0.6 is 0 Å². The third kappa shape index (κ3) is 4.43. The summed E-state index contributed by atoms with van der Waals surface area (Å²) in [4.78, 5) is 11.1. The maximum atomic E-state index is 12.9. The molecule has 2 aliphatic rings. The molecule has 2 heterocycles. The normalized spacial score (nSPS) is 29.3. The van der Waals surface area contributed by atoms with E-state index >= 15 is 0 Å². The average Bonchev–Trinajstić information content (AvgIpc) is 2.47. The number of carbonyl (C=O) groups is 1. The van der Waals surface area contributed by atoms with E-state index in [2.05, 4.69) is 0 Å². The standard InChI is InChI=1S/C15H27NO6S/c1-3-22-15(5-8-21-9-6-15)11-23(19,20)16-7-4-13(14(17)18)10-12(16)2/h12-13H,3-11H2,1-2H3,(H,17,18)/t12-,13-/m0/s1. The monoisotopic (exact) mass is 349 g/mol. The van der Waals surface area contributed by atoms with Crippen molar-refractivity contribution in [3.05, 3.63) is 0 Å². The zero-order chi connectivity index (χ0) is 17.1. The molecular formula is C15H27NO6S. The third-order valence-electron chi connectivity index (χ3n) is 4.82. The number of ether oxygens (including phenoxy) is 2. The van der Waals surface area contributed by atoms with E-state index in [1.807, 2.05) is 6.92 Å². The lowest BCUT2D eigenvalue weighted by atomic mass is 9.93. The van der Waals surface area contributed by atoms with Gasteiger partial charge in [-0.1, -0.05) is 0 Å². The number of sulfonamides is 1. The lowest BCUT2D eigenvalue weighted by Gasteiger charge is -2.40. The summed E-state index contributed by atoms with van der Waals surface area (Å²) < 4.78 is 38.4. The zero-order valence-corrected chi connectivity index (χ0v) is 14.7. The molecule has 7 nitrogen and oxygen atoms in total. The maximum Gasteiger partial charge on any atom is 0.306 e. The summed E-state index contributed by atoms with van der Waals surface area (Å²) >= 11 is 0. The van der Waals surface area contributed by atoms with Gasteiger partial charge in [-0.25, -0.2) is 8.42 Å². The molecular weight excluding hydrogens is 322 g/mol. The van der Waals surface area contributed by atoms with Gasteiger partial charge in [0, 0.05) is 45.2 Å². The fourth-order valence-corrected chi connectivity index (χ4v) is 5.80. The molecule has 2 atom stereocenters. The Morgan fingerprint density at radius 1 is 1.39 bits per heavy atom.